The number of nitro groups is 1. The number of nitro benzene ring substituents is 1. The van der Waals surface area contributed by atoms with Gasteiger partial charge in [-0.1, -0.05) is 12.1 Å². The third-order valence-electron chi connectivity index (χ3n) is 6.30. The van der Waals surface area contributed by atoms with E-state index in [-0.39, 0.29) is 23.5 Å². The molecule has 10 heteroatoms. The Morgan fingerprint density at radius 2 is 1.72 bits per heavy atom. The summed E-state index contributed by atoms with van der Waals surface area (Å²) in [6.07, 6.45) is 2.50. The summed E-state index contributed by atoms with van der Waals surface area (Å²) in [5.74, 6) is -1.76. The van der Waals surface area contributed by atoms with E-state index in [1.54, 1.807) is 24.3 Å². The number of aromatic nitrogens is 2. The first-order valence-corrected chi connectivity index (χ1v) is 11.6. The highest BCUT2D eigenvalue weighted by molar-refractivity contribution is 6.10. The number of benzene rings is 3. The van der Waals surface area contributed by atoms with E-state index in [4.69, 9.17) is 0 Å². The van der Waals surface area contributed by atoms with Crippen molar-refractivity contribution < 1.29 is 18.5 Å². The molecule has 1 aromatic heterocycles. The first-order valence-electron chi connectivity index (χ1n) is 11.6. The van der Waals surface area contributed by atoms with Gasteiger partial charge in [-0.25, -0.2) is 8.78 Å². The van der Waals surface area contributed by atoms with Crippen LogP contribution in [0, 0.1) is 21.7 Å². The van der Waals surface area contributed by atoms with Crippen LogP contribution >= 0.6 is 0 Å². The molecule has 2 heterocycles. The number of hydrogen-bond acceptors (Lipinski definition) is 5. The zero-order chi connectivity index (χ0) is 25.2. The highest BCUT2D eigenvalue weighted by atomic mass is 19.1. The van der Waals surface area contributed by atoms with Gasteiger partial charge in [0.1, 0.15) is 17.2 Å². The number of aromatic amines is 1. The van der Waals surface area contributed by atoms with Crippen LogP contribution in [0.5, 0.6) is 0 Å². The molecule has 0 spiro atoms. The quantitative estimate of drug-likeness (QED) is 0.274. The molecule has 184 valence electrons. The van der Waals surface area contributed by atoms with Gasteiger partial charge in [0.05, 0.1) is 10.4 Å². The second-order valence-electron chi connectivity index (χ2n) is 8.95. The standard InChI is InChI=1S/C26H23F2N5O3/c27-19-10-18(11-20(28)14-19)9-16-4-6-23-22(12-16)25(31-30-23)29-26(34)21-5-3-17(13-24(21)33(35)36)15-32-7-1-2-8-32/h3-6,10-14H,1-2,7-9,15H2,(H2,29,30,31,34). The Kier molecular flexibility index (Phi) is 6.43. The van der Waals surface area contributed by atoms with Crippen LogP contribution in [0.4, 0.5) is 20.3 Å². The Balaban J connectivity index is 1.38. The minimum absolute atomic E-state index is 0.0623. The van der Waals surface area contributed by atoms with Crippen molar-refractivity contribution in [3.05, 3.63) is 98.6 Å². The number of rotatable bonds is 7. The Hall–Kier alpha value is -4.18. The minimum atomic E-state index is -0.657. The van der Waals surface area contributed by atoms with Gasteiger partial charge in [0, 0.05) is 24.1 Å². The second-order valence-corrected chi connectivity index (χ2v) is 8.95. The first kappa shape index (κ1) is 23.6. The molecule has 0 saturated carbocycles. The lowest BCUT2D eigenvalue weighted by atomic mass is 10.0. The van der Waals surface area contributed by atoms with Crippen molar-refractivity contribution in [1.82, 2.24) is 15.1 Å². The van der Waals surface area contributed by atoms with E-state index in [2.05, 4.69) is 20.4 Å². The summed E-state index contributed by atoms with van der Waals surface area (Å²) in [6, 6.07) is 13.3. The average Bonchev–Trinajstić information content (AvgIpc) is 3.48. The number of carbonyl (C=O) groups excluding carboxylic acids is 1. The van der Waals surface area contributed by atoms with E-state index >= 15 is 0 Å². The predicted octanol–water partition coefficient (Wildman–Crippen LogP) is 5.19. The van der Waals surface area contributed by atoms with Crippen molar-refractivity contribution in [2.24, 2.45) is 0 Å². The Morgan fingerprint density at radius 1 is 1.00 bits per heavy atom. The summed E-state index contributed by atoms with van der Waals surface area (Å²) in [7, 11) is 0. The summed E-state index contributed by atoms with van der Waals surface area (Å²) in [5, 5.41) is 21.9. The van der Waals surface area contributed by atoms with Crippen LogP contribution in [0.25, 0.3) is 10.9 Å². The Bertz CT molecular complexity index is 1440. The number of nitrogens with one attached hydrogen (secondary N) is 2. The topological polar surface area (TPSA) is 104 Å². The highest BCUT2D eigenvalue weighted by Crippen LogP contribution is 2.27. The van der Waals surface area contributed by atoms with Crippen molar-refractivity contribution >= 4 is 28.3 Å². The highest BCUT2D eigenvalue weighted by Gasteiger charge is 2.23. The lowest BCUT2D eigenvalue weighted by Gasteiger charge is -2.14. The van der Waals surface area contributed by atoms with Crippen LogP contribution in [-0.4, -0.2) is 39.0 Å². The van der Waals surface area contributed by atoms with E-state index in [0.29, 0.717) is 23.0 Å². The molecule has 1 fully saturated rings. The van der Waals surface area contributed by atoms with Gasteiger partial charge in [-0.05, 0) is 79.4 Å². The number of carbonyl (C=O) groups is 1. The van der Waals surface area contributed by atoms with Crippen molar-refractivity contribution in [1.29, 1.82) is 0 Å². The Morgan fingerprint density at radius 3 is 2.44 bits per heavy atom. The molecule has 0 unspecified atom stereocenters. The summed E-state index contributed by atoms with van der Waals surface area (Å²) in [6.45, 7) is 2.52. The van der Waals surface area contributed by atoms with Crippen molar-refractivity contribution in [2.45, 2.75) is 25.8 Å². The van der Waals surface area contributed by atoms with E-state index in [9.17, 15) is 23.7 Å². The van der Waals surface area contributed by atoms with E-state index < -0.39 is 22.5 Å². The molecule has 0 radical (unpaired) electrons. The van der Waals surface area contributed by atoms with Crippen LogP contribution < -0.4 is 5.32 Å². The van der Waals surface area contributed by atoms with Gasteiger partial charge in [-0.2, -0.15) is 5.10 Å². The smallest absolute Gasteiger partial charge is 0.282 e. The van der Waals surface area contributed by atoms with Gasteiger partial charge in [-0.15, -0.1) is 0 Å². The van der Waals surface area contributed by atoms with Gasteiger partial charge in [0.2, 0.25) is 0 Å². The molecule has 4 aromatic rings. The van der Waals surface area contributed by atoms with E-state index in [1.807, 2.05) is 0 Å². The number of anilines is 1. The second kappa shape index (κ2) is 9.82. The molecule has 36 heavy (non-hydrogen) atoms. The van der Waals surface area contributed by atoms with Gasteiger partial charge < -0.3 is 5.32 Å². The van der Waals surface area contributed by atoms with Crippen LogP contribution in [0.15, 0.2) is 54.6 Å². The number of H-pyrrole nitrogens is 1. The molecule has 2 N–H and O–H groups in total. The first-order chi connectivity index (χ1) is 17.4. The fraction of sp³-hybridized carbons (Fsp3) is 0.231. The lowest BCUT2D eigenvalue weighted by Crippen LogP contribution is -2.19. The van der Waals surface area contributed by atoms with Gasteiger partial charge in [0.25, 0.3) is 11.6 Å². The molecule has 5 rings (SSSR count). The molecular formula is C26H23F2N5O3. The molecule has 1 amide bonds. The SMILES string of the molecule is O=C(Nc1n[nH]c2ccc(Cc3cc(F)cc(F)c3)cc12)c1ccc(CN2CCCC2)cc1[N+](=O)[O-]. The van der Waals surface area contributed by atoms with Crippen molar-refractivity contribution in [3.8, 4) is 0 Å². The monoisotopic (exact) mass is 491 g/mol. The molecular weight excluding hydrogens is 468 g/mol. The number of amides is 1. The summed E-state index contributed by atoms with van der Waals surface area (Å²) in [5.41, 5.74) is 2.30. The fourth-order valence-electron chi connectivity index (χ4n) is 4.61. The van der Waals surface area contributed by atoms with Crippen molar-refractivity contribution in [2.75, 3.05) is 18.4 Å². The van der Waals surface area contributed by atoms with E-state index in [1.165, 1.54) is 24.3 Å². The van der Waals surface area contributed by atoms with Crippen LogP contribution in [0.3, 0.4) is 0 Å². The molecule has 0 aliphatic carbocycles. The molecule has 1 aliphatic rings. The van der Waals surface area contributed by atoms with Crippen molar-refractivity contribution in [3.63, 3.8) is 0 Å². The van der Waals surface area contributed by atoms with Gasteiger partial charge in [-0.3, -0.25) is 24.9 Å². The number of halogens is 2. The fourth-order valence-corrected chi connectivity index (χ4v) is 4.61. The summed E-state index contributed by atoms with van der Waals surface area (Å²) >= 11 is 0. The Labute approximate surface area is 205 Å². The average molecular weight is 491 g/mol. The molecule has 8 nitrogen and oxygen atoms in total. The molecule has 0 atom stereocenters. The molecule has 3 aromatic carbocycles. The maximum atomic E-state index is 13.6. The van der Waals surface area contributed by atoms with Crippen LogP contribution in [0.1, 0.15) is 39.9 Å². The van der Waals surface area contributed by atoms with Crippen LogP contribution in [0.2, 0.25) is 0 Å². The summed E-state index contributed by atoms with van der Waals surface area (Å²) < 4.78 is 27.1. The van der Waals surface area contributed by atoms with E-state index in [0.717, 1.165) is 43.1 Å². The zero-order valence-electron chi connectivity index (χ0n) is 19.3. The maximum Gasteiger partial charge on any atom is 0.282 e. The largest absolute Gasteiger partial charge is 0.304 e. The molecule has 1 saturated heterocycles. The molecule has 0 bridgehead atoms. The van der Waals surface area contributed by atoms with Gasteiger partial charge in [0.15, 0.2) is 5.82 Å². The number of nitrogens with zero attached hydrogens (tertiary/aromatic N) is 3. The van der Waals surface area contributed by atoms with Gasteiger partial charge >= 0.3 is 0 Å². The summed E-state index contributed by atoms with van der Waals surface area (Å²) in [4.78, 5) is 26.4. The maximum absolute atomic E-state index is 13.6. The predicted molar refractivity (Wildman–Crippen MR) is 131 cm³/mol. The minimum Gasteiger partial charge on any atom is -0.304 e. The number of likely N-dealkylation sites (tertiary alicyclic amines) is 1. The number of fused-ring (bicyclic) bond motifs is 1. The zero-order valence-corrected chi connectivity index (χ0v) is 19.3. The third kappa shape index (κ3) is 5.08. The van der Waals surface area contributed by atoms with Crippen LogP contribution in [-0.2, 0) is 13.0 Å². The normalized spacial score (nSPS) is 13.8. The lowest BCUT2D eigenvalue weighted by molar-refractivity contribution is -0.385. The molecule has 1 aliphatic heterocycles. The third-order valence-corrected chi connectivity index (χ3v) is 6.30. The number of hydrogen-bond donors (Lipinski definition) is 2.